The highest BCUT2D eigenvalue weighted by Gasteiger charge is 2.30. The first-order chi connectivity index (χ1) is 7.22. The molecule has 0 saturated heterocycles. The van der Waals surface area contributed by atoms with Crippen LogP contribution in [0, 0.1) is 13.8 Å². The monoisotopic (exact) mass is 226 g/mol. The molecule has 0 atom stereocenters. The summed E-state index contributed by atoms with van der Waals surface area (Å²) in [6.45, 7) is 4.68. The van der Waals surface area contributed by atoms with Crippen molar-refractivity contribution in [1.82, 2.24) is 15.2 Å². The molecule has 0 radical (unpaired) electrons. The molecule has 0 unspecified atom stereocenters. The summed E-state index contributed by atoms with van der Waals surface area (Å²) >= 11 is 5.77. The van der Waals surface area contributed by atoms with E-state index in [0.717, 1.165) is 23.9 Å². The second-order valence-electron chi connectivity index (χ2n) is 3.90. The first-order valence-electron chi connectivity index (χ1n) is 5.23. The van der Waals surface area contributed by atoms with Crippen LogP contribution in [0.2, 0.25) is 0 Å². The molecule has 1 heterocycles. The molecular weight excluding hydrogens is 212 g/mol. The lowest BCUT2D eigenvalue weighted by molar-refractivity contribution is 0.754. The lowest BCUT2D eigenvalue weighted by Gasteiger charge is -2.20. The molecule has 0 spiro atoms. The fraction of sp³-hybridized carbons (Fsp3) is 0.700. The first-order valence-corrected chi connectivity index (χ1v) is 5.76. The van der Waals surface area contributed by atoms with Crippen molar-refractivity contribution in [2.75, 3.05) is 17.3 Å². The molecule has 1 fully saturated rings. The van der Waals surface area contributed by atoms with Crippen LogP contribution in [0.5, 0.6) is 0 Å². The molecule has 0 N–H and O–H groups in total. The van der Waals surface area contributed by atoms with Gasteiger partial charge in [0.05, 0.1) is 11.4 Å². The lowest BCUT2D eigenvalue weighted by Crippen LogP contribution is -2.30. The van der Waals surface area contributed by atoms with Crippen molar-refractivity contribution in [2.24, 2.45) is 0 Å². The molecule has 82 valence electrons. The van der Waals surface area contributed by atoms with E-state index in [9.17, 15) is 0 Å². The van der Waals surface area contributed by atoms with Crippen LogP contribution >= 0.6 is 11.6 Å². The smallest absolute Gasteiger partial charge is 0.245 e. The van der Waals surface area contributed by atoms with Crippen molar-refractivity contribution < 1.29 is 0 Å². The van der Waals surface area contributed by atoms with Crippen molar-refractivity contribution >= 4 is 17.5 Å². The van der Waals surface area contributed by atoms with Gasteiger partial charge in [0.15, 0.2) is 0 Å². The summed E-state index contributed by atoms with van der Waals surface area (Å²) in [6.07, 6.45) is 2.43. The zero-order chi connectivity index (χ0) is 10.8. The predicted octanol–water partition coefficient (Wildman–Crippen LogP) is 1.70. The Labute approximate surface area is 94.7 Å². The minimum absolute atomic E-state index is 0.577. The van der Waals surface area contributed by atoms with Gasteiger partial charge in [-0.2, -0.15) is 5.10 Å². The summed E-state index contributed by atoms with van der Waals surface area (Å²) in [5.74, 6) is 1.33. The number of nitrogens with zero attached hydrogens (tertiary/aromatic N) is 4. The summed E-state index contributed by atoms with van der Waals surface area (Å²) < 4.78 is 0. The minimum Gasteiger partial charge on any atom is -0.335 e. The van der Waals surface area contributed by atoms with E-state index < -0.39 is 0 Å². The largest absolute Gasteiger partial charge is 0.335 e. The molecule has 15 heavy (non-hydrogen) atoms. The third kappa shape index (κ3) is 2.37. The number of hydrogen-bond donors (Lipinski definition) is 0. The Morgan fingerprint density at radius 1 is 1.27 bits per heavy atom. The number of anilines is 1. The Kier molecular flexibility index (Phi) is 3.05. The van der Waals surface area contributed by atoms with Crippen molar-refractivity contribution in [1.29, 1.82) is 0 Å². The number of aryl methyl sites for hydroxylation is 2. The van der Waals surface area contributed by atoms with Crippen molar-refractivity contribution in [2.45, 2.75) is 32.7 Å². The molecule has 0 aliphatic heterocycles. The maximum absolute atomic E-state index is 5.77. The average Bonchev–Trinajstić information content (AvgIpc) is 3.02. The number of halogens is 1. The highest BCUT2D eigenvalue weighted by molar-refractivity contribution is 6.18. The fourth-order valence-corrected chi connectivity index (χ4v) is 1.67. The minimum atomic E-state index is 0.577. The van der Waals surface area contributed by atoms with Gasteiger partial charge in [0.2, 0.25) is 5.95 Å². The number of aromatic nitrogens is 3. The van der Waals surface area contributed by atoms with Gasteiger partial charge in [-0.25, -0.2) is 4.98 Å². The molecule has 1 saturated carbocycles. The van der Waals surface area contributed by atoms with Gasteiger partial charge in [-0.1, -0.05) is 0 Å². The van der Waals surface area contributed by atoms with Crippen molar-refractivity contribution in [3.63, 3.8) is 0 Å². The van der Waals surface area contributed by atoms with Gasteiger partial charge in [-0.3, -0.25) is 0 Å². The Morgan fingerprint density at radius 3 is 2.53 bits per heavy atom. The Bertz CT molecular complexity index is 351. The SMILES string of the molecule is Cc1nnc(N(CCCl)C2CC2)nc1C. The highest BCUT2D eigenvalue weighted by atomic mass is 35.5. The third-order valence-electron chi connectivity index (χ3n) is 2.65. The Morgan fingerprint density at radius 2 is 2.00 bits per heavy atom. The zero-order valence-electron chi connectivity index (χ0n) is 9.07. The lowest BCUT2D eigenvalue weighted by atomic mass is 10.4. The van der Waals surface area contributed by atoms with E-state index in [1.165, 1.54) is 12.8 Å². The molecule has 2 rings (SSSR count). The van der Waals surface area contributed by atoms with Gasteiger partial charge < -0.3 is 4.90 Å². The molecule has 1 aliphatic carbocycles. The summed E-state index contributed by atoms with van der Waals surface area (Å²) in [5, 5.41) is 8.22. The summed E-state index contributed by atoms with van der Waals surface area (Å²) in [6, 6.07) is 0.577. The highest BCUT2D eigenvalue weighted by Crippen LogP contribution is 2.29. The van der Waals surface area contributed by atoms with Gasteiger partial charge in [-0.15, -0.1) is 16.7 Å². The molecule has 1 aliphatic rings. The second kappa shape index (κ2) is 4.31. The Balaban J connectivity index is 2.21. The van der Waals surface area contributed by atoms with Gasteiger partial charge in [0.1, 0.15) is 0 Å². The van der Waals surface area contributed by atoms with Crippen LogP contribution < -0.4 is 4.90 Å². The molecular formula is C10H15ClN4. The zero-order valence-corrected chi connectivity index (χ0v) is 9.83. The van der Waals surface area contributed by atoms with E-state index in [2.05, 4.69) is 20.1 Å². The predicted molar refractivity (Wildman–Crippen MR) is 60.4 cm³/mol. The average molecular weight is 227 g/mol. The maximum Gasteiger partial charge on any atom is 0.245 e. The van der Waals surface area contributed by atoms with E-state index in [0.29, 0.717) is 11.9 Å². The number of rotatable bonds is 4. The topological polar surface area (TPSA) is 41.9 Å². The van der Waals surface area contributed by atoms with Gasteiger partial charge in [0, 0.05) is 18.5 Å². The van der Waals surface area contributed by atoms with E-state index in [4.69, 9.17) is 11.6 Å². The molecule has 5 heteroatoms. The van der Waals surface area contributed by atoms with Crippen molar-refractivity contribution in [3.05, 3.63) is 11.4 Å². The van der Waals surface area contributed by atoms with Crippen LogP contribution in [0.3, 0.4) is 0 Å². The maximum atomic E-state index is 5.77. The van der Waals surface area contributed by atoms with Crippen LogP contribution in [0.1, 0.15) is 24.2 Å². The summed E-state index contributed by atoms with van der Waals surface area (Å²) in [4.78, 5) is 6.61. The Hall–Kier alpha value is -0.900. The van der Waals surface area contributed by atoms with Crippen molar-refractivity contribution in [3.8, 4) is 0 Å². The fourth-order valence-electron chi connectivity index (χ4n) is 1.49. The van der Waals surface area contributed by atoms with Crippen LogP contribution in [0.15, 0.2) is 0 Å². The molecule has 4 nitrogen and oxygen atoms in total. The quantitative estimate of drug-likeness (QED) is 0.733. The molecule has 1 aromatic heterocycles. The third-order valence-corrected chi connectivity index (χ3v) is 2.82. The summed E-state index contributed by atoms with van der Waals surface area (Å²) in [7, 11) is 0. The van der Waals surface area contributed by atoms with E-state index in [1.54, 1.807) is 0 Å². The van der Waals surface area contributed by atoms with Crippen LogP contribution in [-0.2, 0) is 0 Å². The normalized spacial score (nSPS) is 15.4. The number of hydrogen-bond acceptors (Lipinski definition) is 4. The molecule has 1 aromatic rings. The first kappa shape index (κ1) is 10.6. The standard InChI is InChI=1S/C10H15ClN4/c1-7-8(2)13-14-10(12-7)15(6-5-11)9-3-4-9/h9H,3-6H2,1-2H3. The van der Waals surface area contributed by atoms with E-state index in [1.807, 2.05) is 13.8 Å². The molecule has 0 aromatic carbocycles. The van der Waals surface area contributed by atoms with Gasteiger partial charge >= 0.3 is 0 Å². The molecule has 0 amide bonds. The van der Waals surface area contributed by atoms with Crippen LogP contribution in [0.25, 0.3) is 0 Å². The second-order valence-corrected chi connectivity index (χ2v) is 4.27. The van der Waals surface area contributed by atoms with E-state index >= 15 is 0 Å². The van der Waals surface area contributed by atoms with Crippen LogP contribution in [0.4, 0.5) is 5.95 Å². The summed E-state index contributed by atoms with van der Waals surface area (Å²) in [5.41, 5.74) is 1.83. The van der Waals surface area contributed by atoms with Crippen LogP contribution in [-0.4, -0.2) is 33.6 Å². The van der Waals surface area contributed by atoms with Gasteiger partial charge in [-0.05, 0) is 26.7 Å². The van der Waals surface area contributed by atoms with Gasteiger partial charge in [0.25, 0.3) is 0 Å². The molecule has 0 bridgehead atoms. The number of alkyl halides is 1. The van der Waals surface area contributed by atoms with E-state index in [-0.39, 0.29) is 0 Å².